The predicted octanol–water partition coefficient (Wildman–Crippen LogP) is 6.25. The van der Waals surface area contributed by atoms with Crippen LogP contribution in [0.25, 0.3) is 0 Å². The second-order valence-corrected chi connectivity index (χ2v) is 12.1. The van der Waals surface area contributed by atoms with Crippen LogP contribution in [-0.4, -0.2) is 53.0 Å². The van der Waals surface area contributed by atoms with Gasteiger partial charge in [0.05, 0.1) is 6.10 Å². The fraction of sp³-hybridized carbons (Fsp3) is 0.767. The molecule has 0 spiro atoms. The predicted molar refractivity (Wildman–Crippen MR) is 153 cm³/mol. The molecule has 0 heterocycles. The van der Waals surface area contributed by atoms with E-state index in [0.717, 1.165) is 24.7 Å². The number of alkyl halides is 1. The normalized spacial score (nSPS) is 36.7. The molecule has 2 saturated carbocycles. The first kappa shape index (κ1) is 35.7. The first-order valence-corrected chi connectivity index (χ1v) is 14.5. The smallest absolute Gasteiger partial charge is 0.178 e. The van der Waals surface area contributed by atoms with Crippen LogP contribution in [-0.2, 0) is 14.4 Å². The van der Waals surface area contributed by atoms with Gasteiger partial charge in [0, 0.05) is 24.2 Å². The molecule has 8 atom stereocenters. The number of hydrogen-bond donors (Lipinski definition) is 2. The van der Waals surface area contributed by atoms with Crippen LogP contribution in [0.5, 0.6) is 0 Å². The van der Waals surface area contributed by atoms with Crippen LogP contribution in [0.3, 0.4) is 0 Å². The standard InChI is InChI=1S/C25H37FO3S.C3H8.CH4O.CH2O/c1-7-18-20-10-16(4)19-11-17(28)8-9-24(19,6)25(20,26)22(29)12-23(18,5)21(15(2)3)13-30-14-27;1-3-2;2*1-2/h8-9,11,14-16,18,20-22,29H,7,10,12-13H2,1-6H3;3H2,1-2H3;2H,1H3;1H2/t16-,18?,20?,21?,22?,23?,24?,25-;;;/m0.../s1. The Bertz CT molecular complexity index is 799. The molecule has 3 aliphatic carbocycles. The number of ketones is 1. The fourth-order valence-corrected chi connectivity index (χ4v) is 8.51. The summed E-state index contributed by atoms with van der Waals surface area (Å²) >= 11 is 1.28. The van der Waals surface area contributed by atoms with E-state index in [1.165, 1.54) is 24.3 Å². The van der Waals surface area contributed by atoms with Gasteiger partial charge in [0.1, 0.15) is 6.79 Å². The lowest BCUT2D eigenvalue weighted by atomic mass is 9.41. The highest BCUT2D eigenvalue weighted by Gasteiger charge is 2.69. The molecule has 2 N–H and O–H groups in total. The minimum atomic E-state index is -1.80. The second-order valence-electron chi connectivity index (χ2n) is 11.3. The Kier molecular flexibility index (Phi) is 14.8. The van der Waals surface area contributed by atoms with Gasteiger partial charge in [-0.1, -0.05) is 84.7 Å². The average Bonchev–Trinajstić information content (AvgIpc) is 2.86. The maximum atomic E-state index is 17.2. The lowest BCUT2D eigenvalue weighted by molar-refractivity contribution is -0.213. The molecule has 2 fully saturated rings. The minimum Gasteiger partial charge on any atom is -0.400 e. The molecule has 0 aromatic heterocycles. The highest BCUT2D eigenvalue weighted by atomic mass is 32.2. The first-order chi connectivity index (χ1) is 17.4. The van der Waals surface area contributed by atoms with E-state index in [1.54, 1.807) is 12.2 Å². The third-order valence-electron chi connectivity index (χ3n) is 8.84. The van der Waals surface area contributed by atoms with Crippen molar-refractivity contribution in [3.8, 4) is 0 Å². The average molecular weight is 543 g/mol. The number of carbonyl (C=O) groups is 3. The molecule has 214 valence electrons. The molecule has 0 bridgehead atoms. The van der Waals surface area contributed by atoms with Crippen molar-refractivity contribution in [2.75, 3.05) is 12.9 Å². The van der Waals surface area contributed by atoms with Gasteiger partial charge in [-0.05, 0) is 61.0 Å². The molecule has 0 radical (unpaired) electrons. The Morgan fingerprint density at radius 3 is 2.22 bits per heavy atom. The van der Waals surface area contributed by atoms with Crippen LogP contribution >= 0.6 is 11.8 Å². The number of aliphatic hydroxyl groups is 2. The molecule has 0 aromatic carbocycles. The van der Waals surface area contributed by atoms with Crippen molar-refractivity contribution in [2.24, 2.45) is 40.4 Å². The second kappa shape index (κ2) is 15.3. The largest absolute Gasteiger partial charge is 0.400 e. The Hall–Kier alpha value is -1.31. The maximum Gasteiger partial charge on any atom is 0.178 e. The minimum absolute atomic E-state index is 0.0863. The zero-order valence-electron chi connectivity index (χ0n) is 24.4. The van der Waals surface area contributed by atoms with Crippen LogP contribution in [0, 0.1) is 40.4 Å². The number of carbonyl (C=O) groups excluding carboxylic acids is 3. The molecule has 3 rings (SSSR count). The molecule has 0 aliphatic heterocycles. The van der Waals surface area contributed by atoms with Crippen molar-refractivity contribution in [3.05, 3.63) is 23.8 Å². The van der Waals surface area contributed by atoms with Gasteiger partial charge in [0.15, 0.2) is 17.1 Å². The quantitative estimate of drug-likeness (QED) is 0.385. The summed E-state index contributed by atoms with van der Waals surface area (Å²) in [7, 11) is 1.00. The lowest BCUT2D eigenvalue weighted by Gasteiger charge is -2.65. The van der Waals surface area contributed by atoms with Crippen molar-refractivity contribution in [1.82, 2.24) is 0 Å². The highest BCUT2D eigenvalue weighted by molar-refractivity contribution is 8.11. The summed E-state index contributed by atoms with van der Waals surface area (Å²) in [5.41, 5.74) is -1.32. The molecule has 0 amide bonds. The molecule has 7 heteroatoms. The van der Waals surface area contributed by atoms with Gasteiger partial charge in [0.25, 0.3) is 0 Å². The Labute approximate surface area is 228 Å². The van der Waals surface area contributed by atoms with E-state index in [9.17, 15) is 14.7 Å². The molecule has 6 unspecified atom stereocenters. The molecule has 3 aliphatic rings. The van der Waals surface area contributed by atoms with Crippen LogP contribution < -0.4 is 0 Å². The number of allylic oxidation sites excluding steroid dienone is 4. The van der Waals surface area contributed by atoms with Gasteiger partial charge in [-0.3, -0.25) is 9.59 Å². The van der Waals surface area contributed by atoms with Crippen molar-refractivity contribution in [2.45, 2.75) is 92.8 Å². The molecule has 0 saturated heterocycles. The first-order valence-electron chi connectivity index (χ1n) is 13.5. The summed E-state index contributed by atoms with van der Waals surface area (Å²) < 4.78 is 17.2. The van der Waals surface area contributed by atoms with Gasteiger partial charge < -0.3 is 15.0 Å². The summed E-state index contributed by atoms with van der Waals surface area (Å²) in [5, 5.41) is 18.4. The zero-order valence-corrected chi connectivity index (χ0v) is 25.2. The fourth-order valence-electron chi connectivity index (χ4n) is 7.45. The van der Waals surface area contributed by atoms with Gasteiger partial charge in [0.2, 0.25) is 0 Å². The van der Waals surface area contributed by atoms with Crippen LogP contribution in [0.15, 0.2) is 23.8 Å². The highest BCUT2D eigenvalue weighted by Crippen LogP contribution is 2.67. The molecule has 0 aromatic rings. The summed E-state index contributed by atoms with van der Waals surface area (Å²) in [5.74, 6) is 1.02. The van der Waals surface area contributed by atoms with E-state index in [0.29, 0.717) is 24.5 Å². The topological polar surface area (TPSA) is 91.7 Å². The molecule has 5 nitrogen and oxygen atoms in total. The van der Waals surface area contributed by atoms with Crippen LogP contribution in [0.4, 0.5) is 4.39 Å². The monoisotopic (exact) mass is 542 g/mol. The Morgan fingerprint density at radius 1 is 1.22 bits per heavy atom. The van der Waals surface area contributed by atoms with Gasteiger partial charge in [-0.15, -0.1) is 0 Å². The number of thioether (sulfide) groups is 1. The number of rotatable bonds is 6. The third-order valence-corrected chi connectivity index (χ3v) is 9.53. The summed E-state index contributed by atoms with van der Waals surface area (Å²) in [6.45, 7) is 18.9. The molecular formula is C30H51FO5S. The summed E-state index contributed by atoms with van der Waals surface area (Å²) in [6, 6.07) is 0. The number of fused-ring (bicyclic) bond motifs is 3. The van der Waals surface area contributed by atoms with Crippen molar-refractivity contribution in [1.29, 1.82) is 0 Å². The maximum absolute atomic E-state index is 17.2. The SMILES string of the molecule is C=O.CCC.CCC1C2C[C@H](C)C3=CC(=O)C=CC3(C)[C@@]2(F)C(O)CC1(C)C(CSC=O)C(C)C.CO. The van der Waals surface area contributed by atoms with E-state index in [2.05, 4.69) is 48.5 Å². The molecular weight excluding hydrogens is 491 g/mol. The van der Waals surface area contributed by atoms with E-state index >= 15 is 4.39 Å². The van der Waals surface area contributed by atoms with Crippen molar-refractivity contribution >= 4 is 30.0 Å². The number of aliphatic hydroxyl groups excluding tert-OH is 2. The zero-order chi connectivity index (χ0) is 29.2. The lowest BCUT2D eigenvalue weighted by Crippen LogP contribution is -2.68. The Balaban J connectivity index is 0.00000169. The van der Waals surface area contributed by atoms with Gasteiger partial charge in [-0.25, -0.2) is 4.39 Å². The van der Waals surface area contributed by atoms with E-state index in [4.69, 9.17) is 9.90 Å². The van der Waals surface area contributed by atoms with E-state index in [-0.39, 0.29) is 34.9 Å². The number of hydrogen-bond acceptors (Lipinski definition) is 6. The van der Waals surface area contributed by atoms with Crippen LogP contribution in [0.1, 0.15) is 81.1 Å². The van der Waals surface area contributed by atoms with E-state index < -0.39 is 17.2 Å². The third kappa shape index (κ3) is 6.65. The van der Waals surface area contributed by atoms with E-state index in [1.807, 2.05) is 13.7 Å². The molecule has 37 heavy (non-hydrogen) atoms. The van der Waals surface area contributed by atoms with Gasteiger partial charge in [-0.2, -0.15) is 0 Å². The summed E-state index contributed by atoms with van der Waals surface area (Å²) in [4.78, 5) is 31.2. The van der Waals surface area contributed by atoms with Crippen LogP contribution in [0.2, 0.25) is 0 Å². The number of halogens is 1. The summed E-state index contributed by atoms with van der Waals surface area (Å²) in [6.07, 6.45) is 6.76. The van der Waals surface area contributed by atoms with Crippen molar-refractivity contribution < 1.29 is 29.0 Å². The van der Waals surface area contributed by atoms with Crippen molar-refractivity contribution in [3.63, 3.8) is 0 Å². The van der Waals surface area contributed by atoms with Gasteiger partial charge >= 0.3 is 0 Å². The Morgan fingerprint density at radius 2 is 1.76 bits per heavy atom.